The van der Waals surface area contributed by atoms with Gasteiger partial charge in [0.2, 0.25) is 12.5 Å². The summed E-state index contributed by atoms with van der Waals surface area (Å²) in [5, 5.41) is 17.1. The van der Waals surface area contributed by atoms with Crippen molar-refractivity contribution < 1.29 is 24.3 Å². The second-order valence-corrected chi connectivity index (χ2v) is 13.2. The number of β-lactam (4-membered cyclic amide) rings is 1. The minimum Gasteiger partial charge on any atom is -0.477 e. The number of fused-ring (bicyclic) bond motifs is 1. The molecule has 1 fully saturated rings. The molecule has 2 aromatic heterocycles. The van der Waals surface area contributed by atoms with Gasteiger partial charge >= 0.3 is 5.97 Å². The van der Waals surface area contributed by atoms with Crippen LogP contribution in [0.5, 0.6) is 0 Å². The SMILES string of the molecule is NC(N)=NC(CSc1cnccc1SC1=C(C(=O)O)N2C(=O)[C@@H](NC(=O)C(N=O)c3nc(N)sc3Cl)[C@@H]2SC1)NC=O. The summed E-state index contributed by atoms with van der Waals surface area (Å²) in [6.07, 6.45) is 2.86. The van der Waals surface area contributed by atoms with E-state index in [1.807, 2.05) is 0 Å². The van der Waals surface area contributed by atoms with Gasteiger partial charge in [0.05, 0.1) is 0 Å². The third-order valence-corrected chi connectivity index (χ3v) is 10.6. The van der Waals surface area contributed by atoms with E-state index >= 15 is 0 Å². The summed E-state index contributed by atoms with van der Waals surface area (Å²) in [4.78, 5) is 75.3. The Morgan fingerprint density at radius 1 is 1.36 bits per heavy atom. The molecule has 42 heavy (non-hydrogen) atoms. The first-order valence-corrected chi connectivity index (χ1v) is 15.6. The van der Waals surface area contributed by atoms with Gasteiger partial charge in [0.15, 0.2) is 11.1 Å². The van der Waals surface area contributed by atoms with Crippen LogP contribution in [0.25, 0.3) is 0 Å². The van der Waals surface area contributed by atoms with E-state index in [4.69, 9.17) is 28.8 Å². The number of aromatic nitrogens is 2. The summed E-state index contributed by atoms with van der Waals surface area (Å²) >= 11 is 10.5. The highest BCUT2D eigenvalue weighted by Crippen LogP contribution is 2.46. The Kier molecular flexibility index (Phi) is 10.1. The first-order chi connectivity index (χ1) is 20.0. The van der Waals surface area contributed by atoms with E-state index in [-0.39, 0.29) is 38.3 Å². The average Bonchev–Trinajstić information content (AvgIpc) is 3.27. The summed E-state index contributed by atoms with van der Waals surface area (Å²) in [5.41, 5.74) is 16.1. The Morgan fingerprint density at radius 3 is 2.74 bits per heavy atom. The monoisotopic (exact) mass is 672 g/mol. The second kappa shape index (κ2) is 13.6. The number of aliphatic carboxylic acids is 1. The van der Waals surface area contributed by atoms with Crippen LogP contribution in [0, 0.1) is 4.91 Å². The summed E-state index contributed by atoms with van der Waals surface area (Å²) in [6.45, 7) is 0. The lowest BCUT2D eigenvalue weighted by Crippen LogP contribution is -2.70. The van der Waals surface area contributed by atoms with Gasteiger partial charge in [-0.3, -0.25) is 24.3 Å². The number of hydrogen-bond acceptors (Lipinski definition) is 14. The fourth-order valence-electron chi connectivity index (χ4n) is 3.86. The van der Waals surface area contributed by atoms with E-state index in [1.165, 1.54) is 29.7 Å². The molecule has 2 aliphatic rings. The molecule has 4 rings (SSSR count). The van der Waals surface area contributed by atoms with Gasteiger partial charge in [-0.25, -0.2) is 14.8 Å². The van der Waals surface area contributed by atoms with Crippen molar-refractivity contribution in [3.05, 3.63) is 44.0 Å². The van der Waals surface area contributed by atoms with Crippen LogP contribution in [-0.4, -0.2) is 79.2 Å². The minimum atomic E-state index is -1.64. The van der Waals surface area contributed by atoms with Gasteiger partial charge < -0.3 is 32.9 Å². The van der Waals surface area contributed by atoms with Crippen molar-refractivity contribution in [1.82, 2.24) is 25.5 Å². The molecule has 0 radical (unpaired) electrons. The molecule has 16 nitrogen and oxygen atoms in total. The van der Waals surface area contributed by atoms with Crippen LogP contribution in [-0.2, 0) is 19.2 Å². The zero-order chi connectivity index (χ0) is 30.6. The molecule has 0 aromatic carbocycles. The van der Waals surface area contributed by atoms with E-state index in [2.05, 4.69) is 30.8 Å². The molecule has 0 spiro atoms. The van der Waals surface area contributed by atoms with Crippen molar-refractivity contribution in [2.75, 3.05) is 17.2 Å². The van der Waals surface area contributed by atoms with Crippen molar-refractivity contribution in [2.24, 2.45) is 21.6 Å². The summed E-state index contributed by atoms with van der Waals surface area (Å²) in [7, 11) is 0. The number of thiazole rings is 1. The average molecular weight is 673 g/mol. The van der Waals surface area contributed by atoms with Crippen LogP contribution >= 0.6 is 58.2 Å². The van der Waals surface area contributed by atoms with E-state index in [0.717, 1.165) is 28.0 Å². The Morgan fingerprint density at radius 2 is 2.12 bits per heavy atom. The van der Waals surface area contributed by atoms with Crippen LogP contribution in [0.1, 0.15) is 11.7 Å². The molecule has 0 bridgehead atoms. The number of thioether (sulfide) groups is 3. The van der Waals surface area contributed by atoms with Gasteiger partial charge in [0.25, 0.3) is 11.8 Å². The highest BCUT2D eigenvalue weighted by atomic mass is 35.5. The maximum Gasteiger partial charge on any atom is 0.353 e. The van der Waals surface area contributed by atoms with Gasteiger partial charge in [0, 0.05) is 38.6 Å². The van der Waals surface area contributed by atoms with Crippen LogP contribution in [0.15, 0.2) is 49.0 Å². The lowest BCUT2D eigenvalue weighted by atomic mass is 10.0. The number of nitrogens with zero attached hydrogens (tertiary/aromatic N) is 5. The number of carbonyl (C=O) groups is 4. The number of nitrogen functional groups attached to an aromatic ring is 1. The molecule has 0 saturated carbocycles. The molecule has 4 atom stereocenters. The molecule has 222 valence electrons. The maximum atomic E-state index is 13.1. The van der Waals surface area contributed by atoms with E-state index in [0.29, 0.717) is 21.1 Å². The molecule has 2 aromatic rings. The third-order valence-electron chi connectivity index (χ3n) is 5.61. The van der Waals surface area contributed by atoms with Crippen LogP contribution in [0.2, 0.25) is 4.34 Å². The molecule has 3 amide bonds. The molecule has 4 heterocycles. The number of nitroso groups, excluding NO2 is 1. The number of nitrogens with two attached hydrogens (primary N) is 3. The largest absolute Gasteiger partial charge is 0.477 e. The van der Waals surface area contributed by atoms with Gasteiger partial charge in [0.1, 0.15) is 33.3 Å². The second-order valence-electron chi connectivity index (χ2n) is 8.28. The maximum absolute atomic E-state index is 13.1. The number of carboxylic acid groups (broad SMARTS) is 1. The molecule has 1 saturated heterocycles. The van der Waals surface area contributed by atoms with E-state index in [1.54, 1.807) is 12.3 Å². The lowest BCUT2D eigenvalue weighted by Gasteiger charge is -2.49. The van der Waals surface area contributed by atoms with Crippen molar-refractivity contribution >= 4 is 93.5 Å². The number of aliphatic imine (C=N–C) groups is 1. The number of carboxylic acids is 1. The Labute approximate surface area is 258 Å². The first-order valence-electron chi connectivity index (χ1n) is 11.5. The summed E-state index contributed by atoms with van der Waals surface area (Å²) < 4.78 is 0.0130. The fourth-order valence-corrected chi connectivity index (χ4v) is 8.46. The number of guanidine groups is 1. The number of halogens is 1. The Bertz CT molecular complexity index is 1490. The number of amides is 3. The molecule has 2 aliphatic heterocycles. The quantitative estimate of drug-likeness (QED) is 0.0423. The number of rotatable bonds is 13. The molecule has 2 unspecified atom stereocenters. The van der Waals surface area contributed by atoms with Crippen LogP contribution < -0.4 is 27.8 Å². The lowest BCUT2D eigenvalue weighted by molar-refractivity contribution is -0.150. The highest BCUT2D eigenvalue weighted by Gasteiger charge is 2.55. The summed E-state index contributed by atoms with van der Waals surface area (Å²) in [6, 6.07) is -1.06. The van der Waals surface area contributed by atoms with Gasteiger partial charge in [-0.1, -0.05) is 34.7 Å². The number of carbonyl (C=O) groups excluding carboxylic acids is 3. The Hall–Kier alpha value is -3.59. The van der Waals surface area contributed by atoms with E-state index < -0.39 is 41.4 Å². The standard InChI is InChI=1S/C21H21ClN10O6S4/c22-15-11(30-21(25)42-15)12(31-38)16(34)29-13-17(35)32-14(19(36)37)9(4-40-18(13)32)41-7-1-2-26-3-8(7)39-5-10(27-6-33)28-20(23)24/h1-3,6,10,12-13,18H,4-5H2,(H2,25,30)(H,27,33)(H,29,34)(H,36,37)(H4,23,24,28)/t10?,12?,13-,18+/m1/s1. The molecular formula is C21H21ClN10O6S4. The van der Waals surface area contributed by atoms with E-state index in [9.17, 15) is 29.2 Å². The number of pyridine rings is 1. The molecular weight excluding hydrogens is 652 g/mol. The van der Waals surface area contributed by atoms with Gasteiger partial charge in [-0.2, -0.15) is 0 Å². The first kappa shape index (κ1) is 31.3. The minimum absolute atomic E-state index is 0.0130. The zero-order valence-corrected chi connectivity index (χ0v) is 25.0. The molecule has 0 aliphatic carbocycles. The summed E-state index contributed by atoms with van der Waals surface area (Å²) in [5.74, 6) is -2.67. The van der Waals surface area contributed by atoms with Gasteiger partial charge in [-0.05, 0) is 11.2 Å². The third kappa shape index (κ3) is 6.72. The molecule has 9 N–H and O–H groups in total. The van der Waals surface area contributed by atoms with Crippen molar-refractivity contribution in [1.29, 1.82) is 0 Å². The van der Waals surface area contributed by atoms with Crippen molar-refractivity contribution in [2.45, 2.75) is 33.4 Å². The predicted octanol–water partition coefficient (Wildman–Crippen LogP) is 0.507. The number of anilines is 1. The normalized spacial score (nSPS) is 19.2. The predicted molar refractivity (Wildman–Crippen MR) is 159 cm³/mol. The fraction of sp³-hybridized carbons (Fsp3) is 0.286. The Balaban J connectivity index is 1.51. The van der Waals surface area contributed by atoms with Crippen LogP contribution in [0.4, 0.5) is 5.13 Å². The topological polar surface area (TPSA) is 261 Å². The molecule has 21 heteroatoms. The van der Waals surface area contributed by atoms with Crippen molar-refractivity contribution in [3.63, 3.8) is 0 Å². The van der Waals surface area contributed by atoms with Crippen LogP contribution in [0.3, 0.4) is 0 Å². The number of hydrogen-bond donors (Lipinski definition) is 6. The zero-order valence-electron chi connectivity index (χ0n) is 21.0. The smallest absolute Gasteiger partial charge is 0.353 e. The van der Waals surface area contributed by atoms with Gasteiger partial charge in [-0.15, -0.1) is 28.4 Å². The van der Waals surface area contributed by atoms with Crippen molar-refractivity contribution in [3.8, 4) is 0 Å². The highest BCUT2D eigenvalue weighted by molar-refractivity contribution is 8.07. The number of nitrogens with one attached hydrogen (secondary N) is 2.